The molecule has 9 heteroatoms. The fraction of sp³-hybridized carbons (Fsp3) is 0.0400. The highest BCUT2D eigenvalue weighted by atomic mass is 32.2. The van der Waals surface area contributed by atoms with Crippen LogP contribution in [-0.4, -0.2) is 30.8 Å². The Morgan fingerprint density at radius 2 is 1.65 bits per heavy atom. The number of benzene rings is 4. The first kappa shape index (κ1) is 21.5. The van der Waals surface area contributed by atoms with Gasteiger partial charge in [-0.05, 0) is 47.3 Å². The van der Waals surface area contributed by atoms with Crippen molar-refractivity contribution < 1.29 is 23.4 Å². The van der Waals surface area contributed by atoms with Gasteiger partial charge in [0.15, 0.2) is 11.5 Å². The number of hydrogen-bond acceptors (Lipinski definition) is 6. The molecule has 170 valence electrons. The Morgan fingerprint density at radius 3 is 2.41 bits per heavy atom. The molecule has 1 heterocycles. The van der Waals surface area contributed by atoms with Gasteiger partial charge < -0.3 is 10.2 Å². The second kappa shape index (κ2) is 8.20. The lowest BCUT2D eigenvalue weighted by atomic mass is 10.1. The van der Waals surface area contributed by atoms with Crippen LogP contribution < -0.4 is 9.73 Å². The zero-order valence-corrected chi connectivity index (χ0v) is 18.5. The van der Waals surface area contributed by atoms with Crippen LogP contribution in [0.25, 0.3) is 10.8 Å². The van der Waals surface area contributed by atoms with Gasteiger partial charge >= 0.3 is 0 Å². The van der Waals surface area contributed by atoms with Crippen molar-refractivity contribution >= 4 is 38.6 Å². The van der Waals surface area contributed by atoms with Crippen LogP contribution in [0, 0.1) is 0 Å². The minimum atomic E-state index is -3.67. The van der Waals surface area contributed by atoms with E-state index >= 15 is 0 Å². The minimum Gasteiger partial charge on any atom is -0.504 e. The van der Waals surface area contributed by atoms with Crippen molar-refractivity contribution in [1.29, 1.82) is 0 Å². The van der Waals surface area contributed by atoms with E-state index in [9.17, 15) is 23.4 Å². The number of rotatable bonds is 5. The lowest BCUT2D eigenvalue weighted by Crippen LogP contribution is -2.26. The van der Waals surface area contributed by atoms with Gasteiger partial charge in [-0.2, -0.15) is 5.10 Å². The third kappa shape index (κ3) is 3.61. The molecule has 8 nitrogen and oxygen atoms in total. The van der Waals surface area contributed by atoms with Crippen molar-refractivity contribution in [2.24, 2.45) is 5.10 Å². The summed E-state index contributed by atoms with van der Waals surface area (Å²) in [4.78, 5) is 12.7. The van der Waals surface area contributed by atoms with E-state index in [0.29, 0.717) is 16.1 Å². The number of aromatic hydroxyl groups is 2. The number of anilines is 1. The predicted molar refractivity (Wildman–Crippen MR) is 129 cm³/mol. The quantitative estimate of drug-likeness (QED) is 0.232. The van der Waals surface area contributed by atoms with Crippen molar-refractivity contribution in [2.75, 3.05) is 4.31 Å². The molecule has 34 heavy (non-hydrogen) atoms. The summed E-state index contributed by atoms with van der Waals surface area (Å²) in [7, 11) is -3.67. The summed E-state index contributed by atoms with van der Waals surface area (Å²) in [6.07, 6.45) is 1.22. The molecule has 0 unspecified atom stereocenters. The summed E-state index contributed by atoms with van der Waals surface area (Å²) in [5.41, 5.74) is 4.29. The Morgan fingerprint density at radius 1 is 0.941 bits per heavy atom. The van der Waals surface area contributed by atoms with Crippen LogP contribution in [0.15, 0.2) is 88.9 Å². The summed E-state index contributed by atoms with van der Waals surface area (Å²) in [6, 6.07) is 21.7. The fourth-order valence-corrected chi connectivity index (χ4v) is 5.63. The van der Waals surface area contributed by atoms with Gasteiger partial charge in [0.2, 0.25) is 0 Å². The van der Waals surface area contributed by atoms with Crippen molar-refractivity contribution in [2.45, 2.75) is 11.4 Å². The van der Waals surface area contributed by atoms with Gasteiger partial charge in [-0.15, -0.1) is 0 Å². The molecule has 0 atom stereocenters. The van der Waals surface area contributed by atoms with Crippen LogP contribution >= 0.6 is 0 Å². The summed E-state index contributed by atoms with van der Waals surface area (Å²) in [6.45, 7) is 0.132. The van der Waals surface area contributed by atoms with E-state index < -0.39 is 15.9 Å². The SMILES string of the molecule is O=C(NN=Cc1cccc(O)c1O)c1ccc(CN2c3cccc4cccc(c34)S2(=O)=O)cc1. The van der Waals surface area contributed by atoms with Crippen molar-refractivity contribution in [3.8, 4) is 11.5 Å². The van der Waals surface area contributed by atoms with E-state index in [4.69, 9.17) is 0 Å². The highest BCUT2D eigenvalue weighted by Gasteiger charge is 2.35. The van der Waals surface area contributed by atoms with Crippen LogP contribution in [0.5, 0.6) is 11.5 Å². The molecule has 1 aliphatic rings. The molecule has 0 fully saturated rings. The third-order valence-corrected chi connectivity index (χ3v) is 7.44. The topological polar surface area (TPSA) is 119 Å². The Balaban J connectivity index is 1.31. The predicted octanol–water partition coefficient (Wildman–Crippen LogP) is 3.72. The first-order valence-corrected chi connectivity index (χ1v) is 11.8. The molecule has 0 radical (unpaired) electrons. The van der Waals surface area contributed by atoms with Gasteiger partial charge in [-0.3, -0.25) is 9.10 Å². The number of hydrazone groups is 1. The number of amides is 1. The highest BCUT2D eigenvalue weighted by molar-refractivity contribution is 7.93. The van der Waals surface area contributed by atoms with Gasteiger partial charge in [-0.25, -0.2) is 13.8 Å². The number of sulfonamides is 1. The Labute approximate surface area is 195 Å². The zero-order chi connectivity index (χ0) is 23.9. The van der Waals surface area contributed by atoms with Crippen molar-refractivity contribution in [3.05, 3.63) is 95.6 Å². The molecule has 0 aromatic heterocycles. The second-order valence-corrected chi connectivity index (χ2v) is 9.58. The summed E-state index contributed by atoms with van der Waals surface area (Å²) >= 11 is 0. The maximum Gasteiger partial charge on any atom is 0.271 e. The Hall–Kier alpha value is -4.37. The van der Waals surface area contributed by atoms with E-state index in [1.165, 1.54) is 28.7 Å². The fourth-order valence-electron chi connectivity index (χ4n) is 3.93. The number of nitrogens with one attached hydrogen (secondary N) is 1. The zero-order valence-electron chi connectivity index (χ0n) is 17.7. The van der Waals surface area contributed by atoms with Gasteiger partial charge in [0, 0.05) is 16.5 Å². The minimum absolute atomic E-state index is 0.132. The third-order valence-electron chi connectivity index (χ3n) is 5.64. The molecule has 1 amide bonds. The number of phenols is 2. The van der Waals surface area contributed by atoms with Crippen LogP contribution in [0.1, 0.15) is 21.5 Å². The van der Waals surface area contributed by atoms with E-state index in [1.807, 2.05) is 18.2 Å². The van der Waals surface area contributed by atoms with Crippen LogP contribution in [0.2, 0.25) is 0 Å². The number of nitrogens with zero attached hydrogens (tertiary/aromatic N) is 2. The van der Waals surface area contributed by atoms with Gasteiger partial charge in [0.1, 0.15) is 0 Å². The number of phenolic OH excluding ortho intramolecular Hbond substituents is 2. The average Bonchev–Trinajstić information content (AvgIpc) is 3.05. The normalized spacial score (nSPS) is 14.1. The molecule has 4 aromatic carbocycles. The standard InChI is InChI=1S/C25H19N3O5S/c29-21-8-2-6-19(24(21)30)14-26-27-25(31)18-12-10-16(11-13-18)15-28-20-7-1-4-17-5-3-9-22(23(17)20)34(28,32)33/h1-14,29-30H,15H2,(H,27,31). The largest absolute Gasteiger partial charge is 0.504 e. The monoisotopic (exact) mass is 473 g/mol. The van der Waals surface area contributed by atoms with E-state index in [2.05, 4.69) is 10.5 Å². The number of para-hydroxylation sites is 1. The summed E-state index contributed by atoms with van der Waals surface area (Å²) in [5, 5.41) is 24.7. The Kier molecular flexibility index (Phi) is 5.18. The van der Waals surface area contributed by atoms with Gasteiger partial charge in [-0.1, -0.05) is 42.5 Å². The van der Waals surface area contributed by atoms with Crippen molar-refractivity contribution in [1.82, 2.24) is 5.43 Å². The molecule has 4 aromatic rings. The van der Waals surface area contributed by atoms with E-state index in [-0.39, 0.29) is 23.6 Å². The molecule has 5 rings (SSSR count). The molecule has 0 aliphatic carbocycles. The maximum absolute atomic E-state index is 13.1. The van der Waals surface area contributed by atoms with Crippen LogP contribution in [0.3, 0.4) is 0 Å². The first-order chi connectivity index (χ1) is 16.4. The molecular weight excluding hydrogens is 454 g/mol. The number of carbonyl (C=O) groups excluding carboxylic acids is 1. The smallest absolute Gasteiger partial charge is 0.271 e. The average molecular weight is 474 g/mol. The van der Waals surface area contributed by atoms with E-state index in [0.717, 1.165) is 16.3 Å². The van der Waals surface area contributed by atoms with Gasteiger partial charge in [0.05, 0.1) is 23.3 Å². The second-order valence-electron chi connectivity index (χ2n) is 7.75. The Bertz CT molecular complexity index is 1560. The number of hydrogen-bond donors (Lipinski definition) is 3. The van der Waals surface area contributed by atoms with Crippen molar-refractivity contribution in [3.63, 3.8) is 0 Å². The molecule has 0 spiro atoms. The van der Waals surface area contributed by atoms with Crippen LogP contribution in [-0.2, 0) is 16.6 Å². The lowest BCUT2D eigenvalue weighted by molar-refractivity contribution is 0.0955. The highest BCUT2D eigenvalue weighted by Crippen LogP contribution is 2.42. The molecule has 0 saturated heterocycles. The van der Waals surface area contributed by atoms with Crippen LogP contribution in [0.4, 0.5) is 5.69 Å². The maximum atomic E-state index is 13.1. The molecule has 1 aliphatic heterocycles. The van der Waals surface area contributed by atoms with Gasteiger partial charge in [0.25, 0.3) is 15.9 Å². The summed E-state index contributed by atoms with van der Waals surface area (Å²) < 4.78 is 27.7. The molecule has 0 saturated carbocycles. The summed E-state index contributed by atoms with van der Waals surface area (Å²) in [5.74, 6) is -1.10. The molecular formula is C25H19N3O5S. The molecule has 3 N–H and O–H groups in total. The lowest BCUT2D eigenvalue weighted by Gasteiger charge is -2.19. The first-order valence-electron chi connectivity index (χ1n) is 10.3. The van der Waals surface area contributed by atoms with E-state index in [1.54, 1.807) is 42.5 Å². The molecule has 0 bridgehead atoms. The number of carbonyl (C=O) groups is 1.